The zero-order valence-electron chi connectivity index (χ0n) is 36.0. The minimum atomic E-state index is -1.02. The van der Waals surface area contributed by atoms with Crippen LogP contribution in [0.5, 0.6) is 0 Å². The number of carboxylic acid groups (broad SMARTS) is 2. The monoisotopic (exact) mass is 854 g/mol. The van der Waals surface area contributed by atoms with Crippen LogP contribution in [0.15, 0.2) is 120 Å². The molecule has 1 aromatic rings. The summed E-state index contributed by atoms with van der Waals surface area (Å²) in [7, 11) is 0. The molecule has 4 aliphatic rings. The van der Waals surface area contributed by atoms with E-state index in [0.717, 1.165) is 47.5 Å². The second kappa shape index (κ2) is 21.4. The fourth-order valence-corrected chi connectivity index (χ4v) is 7.92. The first kappa shape index (κ1) is 47.6. The Bertz CT molecular complexity index is 2390. The van der Waals surface area contributed by atoms with E-state index in [9.17, 15) is 30.0 Å². The van der Waals surface area contributed by atoms with Crippen LogP contribution in [0.4, 0.5) is 0 Å². The van der Waals surface area contributed by atoms with Gasteiger partial charge in [-0.15, -0.1) is 17.0 Å². The Morgan fingerprint density at radius 2 is 1.43 bits per heavy atom. The molecule has 60 heavy (non-hydrogen) atoms. The summed E-state index contributed by atoms with van der Waals surface area (Å²) >= 11 is 0. The van der Waals surface area contributed by atoms with Crippen molar-refractivity contribution in [2.75, 3.05) is 0 Å². The molecule has 0 radical (unpaired) electrons. The Kier molecular flexibility index (Phi) is 17.0. The molecular weight excluding hydrogens is 796 g/mol. The first-order valence-corrected chi connectivity index (χ1v) is 20.7. The summed E-state index contributed by atoms with van der Waals surface area (Å²) < 4.78 is 0. The molecule has 10 nitrogen and oxygen atoms in total. The SMILES string of the molecule is C=CC1=C(C)C2=CC3=NC(=CC4=NC(=C(CCC(=O)O)/C4=C\[O-])C=c4[n-]c(c(C)c4CCC(=O)O)=CC1=N2)C(C)=C3[C@@H](O)CC/C=C(\C)CC/C=C(\C)CCCC(C)C.[Fe+2]. The quantitative estimate of drug-likeness (QED) is 0.0781. The van der Waals surface area contributed by atoms with Gasteiger partial charge in [-0.3, -0.25) is 9.59 Å². The van der Waals surface area contributed by atoms with Gasteiger partial charge in [0.2, 0.25) is 0 Å². The number of aliphatic imine (C=N–C) groups is 3. The third-order valence-corrected chi connectivity index (χ3v) is 11.4. The van der Waals surface area contributed by atoms with Crippen molar-refractivity contribution < 1.29 is 47.1 Å². The molecule has 4 aliphatic heterocycles. The number of nitrogens with zero attached hydrogens (tertiary/aromatic N) is 4. The van der Waals surface area contributed by atoms with Gasteiger partial charge in [0.15, 0.2) is 0 Å². The summed E-state index contributed by atoms with van der Waals surface area (Å²) in [6, 6.07) is 0. The molecule has 5 heterocycles. The maximum atomic E-state index is 12.8. The van der Waals surface area contributed by atoms with Crippen LogP contribution < -0.4 is 20.8 Å². The molecule has 11 heteroatoms. The van der Waals surface area contributed by atoms with Crippen LogP contribution in [0.25, 0.3) is 12.2 Å². The van der Waals surface area contributed by atoms with E-state index in [1.54, 1.807) is 18.2 Å². The first-order chi connectivity index (χ1) is 28.1. The van der Waals surface area contributed by atoms with Gasteiger partial charge in [-0.05, 0) is 126 Å². The first-order valence-electron chi connectivity index (χ1n) is 20.7. The van der Waals surface area contributed by atoms with Crippen molar-refractivity contribution in [3.8, 4) is 0 Å². The maximum absolute atomic E-state index is 12.8. The number of rotatable bonds is 18. The second-order valence-electron chi connectivity index (χ2n) is 16.3. The second-order valence-corrected chi connectivity index (χ2v) is 16.3. The number of allylic oxidation sites excluding steroid dienone is 13. The van der Waals surface area contributed by atoms with E-state index in [-0.39, 0.29) is 48.3 Å². The van der Waals surface area contributed by atoms with E-state index >= 15 is 0 Å². The number of hydrogen-bond donors (Lipinski definition) is 3. The summed E-state index contributed by atoms with van der Waals surface area (Å²) in [6.07, 6.45) is 19.9. The van der Waals surface area contributed by atoms with Crippen LogP contribution in [0.3, 0.4) is 0 Å². The number of fused-ring (bicyclic) bond motifs is 5. The van der Waals surface area contributed by atoms with E-state index in [1.807, 2.05) is 32.9 Å². The molecule has 1 atom stereocenters. The van der Waals surface area contributed by atoms with Crippen LogP contribution in [-0.2, 0) is 33.1 Å². The molecule has 1 aromatic heterocycles. The smallest absolute Gasteiger partial charge is 0.877 e. The summed E-state index contributed by atoms with van der Waals surface area (Å²) in [6.45, 7) is 18.7. The number of aliphatic carboxylic acids is 2. The van der Waals surface area contributed by atoms with Gasteiger partial charge in [0.05, 0.1) is 40.3 Å². The largest absolute Gasteiger partial charge is 2.00 e. The van der Waals surface area contributed by atoms with Crippen molar-refractivity contribution in [3.63, 3.8) is 0 Å². The third kappa shape index (κ3) is 11.6. The number of aliphatic hydroxyl groups excluding tert-OH is 1. The van der Waals surface area contributed by atoms with Gasteiger partial charge in [-0.2, -0.15) is 0 Å². The van der Waals surface area contributed by atoms with Crippen molar-refractivity contribution in [2.45, 2.75) is 125 Å². The Labute approximate surface area is 364 Å². The van der Waals surface area contributed by atoms with Gasteiger partial charge >= 0.3 is 29.0 Å². The molecule has 0 fully saturated rings. The molecular formula is C49H58FeN4O6. The van der Waals surface area contributed by atoms with Gasteiger partial charge in [-0.1, -0.05) is 79.5 Å². The number of carboxylic acids is 2. The Balaban J connectivity index is 0.00000794. The molecule has 318 valence electrons. The molecule has 5 rings (SSSR count). The van der Waals surface area contributed by atoms with Crippen LogP contribution in [-0.4, -0.2) is 50.5 Å². The molecule has 0 saturated heterocycles. The predicted octanol–water partition coefficient (Wildman–Crippen LogP) is 7.50. The molecule has 0 unspecified atom stereocenters. The normalized spacial score (nSPS) is 17.9. The van der Waals surface area contributed by atoms with Gasteiger partial charge in [0.1, 0.15) is 0 Å². The molecule has 8 bridgehead atoms. The zero-order valence-corrected chi connectivity index (χ0v) is 37.1. The summed E-state index contributed by atoms with van der Waals surface area (Å²) in [5.41, 5.74) is 11.0. The topological polar surface area (TPSA) is 169 Å². The molecule has 0 aromatic carbocycles. The van der Waals surface area contributed by atoms with Crippen LogP contribution in [0, 0.1) is 12.8 Å². The van der Waals surface area contributed by atoms with E-state index < -0.39 is 18.0 Å². The van der Waals surface area contributed by atoms with Gasteiger partial charge < -0.3 is 25.4 Å². The molecule has 3 N–H and O–H groups in total. The van der Waals surface area contributed by atoms with Crippen molar-refractivity contribution in [1.82, 2.24) is 4.98 Å². The third-order valence-electron chi connectivity index (χ3n) is 11.4. The van der Waals surface area contributed by atoms with Crippen molar-refractivity contribution in [2.24, 2.45) is 20.9 Å². The summed E-state index contributed by atoms with van der Waals surface area (Å²) in [5, 5.41) is 44.9. The van der Waals surface area contributed by atoms with E-state index in [0.29, 0.717) is 80.7 Å². The average Bonchev–Trinajstić information content (AvgIpc) is 3.85. The van der Waals surface area contributed by atoms with Crippen LogP contribution in [0.1, 0.15) is 117 Å². The zero-order chi connectivity index (χ0) is 43.0. The fourth-order valence-electron chi connectivity index (χ4n) is 7.92. The standard InChI is InChI=1S/C49H60N4O6.Fe/c1-9-34-31(6)39-25-45-49(46(55)18-12-17-30(5)16-11-15-29(4)14-10-13-28(2)3)33(8)40(52-45)24-44-37(27-54)36(20-22-48(58)59)43(53-44)26-42-35(19-21-47(56)57)32(7)38(51-42)23-41(34)50-39;/h9,15,17,23-28,46,55H,1,10-14,16,18-22H2,2-8H3,(H4,50,51,52,53,54,56,57,58,59);/q;+2/p-2/b29-15+,30-17+,38-23?,39-25?,40-24?,41-23?,42-26?,43-26?,44-24?,45-25?;/t46-;/m0./s1. The van der Waals surface area contributed by atoms with Gasteiger partial charge in [0, 0.05) is 24.0 Å². The molecule has 0 spiro atoms. The minimum absolute atomic E-state index is 0. The number of hydrogen-bond acceptors (Lipinski definition) is 7. The van der Waals surface area contributed by atoms with E-state index in [1.165, 1.54) is 24.0 Å². The predicted molar refractivity (Wildman–Crippen MR) is 235 cm³/mol. The number of carbonyl (C=O) groups is 2. The molecule has 0 saturated carbocycles. The van der Waals surface area contributed by atoms with Crippen molar-refractivity contribution >= 4 is 41.2 Å². The van der Waals surface area contributed by atoms with Crippen molar-refractivity contribution in [3.05, 3.63) is 127 Å². The van der Waals surface area contributed by atoms with Crippen molar-refractivity contribution in [1.29, 1.82) is 0 Å². The number of aliphatic hydroxyl groups is 1. The van der Waals surface area contributed by atoms with Gasteiger partial charge in [-0.25, -0.2) is 15.0 Å². The van der Waals surface area contributed by atoms with E-state index in [2.05, 4.69) is 46.4 Å². The Morgan fingerprint density at radius 3 is 2.10 bits per heavy atom. The summed E-state index contributed by atoms with van der Waals surface area (Å²) in [5.74, 6) is -1.25. The Morgan fingerprint density at radius 1 is 0.800 bits per heavy atom. The minimum Gasteiger partial charge on any atom is -0.877 e. The average molecular weight is 855 g/mol. The number of aromatic nitrogens is 1. The molecule has 0 amide bonds. The summed E-state index contributed by atoms with van der Waals surface area (Å²) in [4.78, 5) is 43.3. The van der Waals surface area contributed by atoms with Gasteiger partial charge in [0.25, 0.3) is 0 Å². The Hall–Kier alpha value is -5.09. The maximum Gasteiger partial charge on any atom is 2.00 e. The van der Waals surface area contributed by atoms with E-state index in [4.69, 9.17) is 20.0 Å². The molecule has 0 aliphatic carbocycles. The fraction of sp³-hybridized carbons (Fsp3) is 0.408. The van der Waals surface area contributed by atoms with Crippen LogP contribution in [0.2, 0.25) is 0 Å². The van der Waals surface area contributed by atoms with Crippen LogP contribution >= 0.6 is 0 Å².